The molecule has 166 valence electrons. The van der Waals surface area contributed by atoms with Crippen LogP contribution < -0.4 is 10.1 Å². The summed E-state index contributed by atoms with van der Waals surface area (Å²) in [6.45, 7) is 1.70. The molecule has 32 heavy (non-hydrogen) atoms. The Morgan fingerprint density at radius 2 is 1.72 bits per heavy atom. The van der Waals surface area contributed by atoms with Crippen LogP contribution in [0.15, 0.2) is 76.5 Å². The van der Waals surface area contributed by atoms with Crippen LogP contribution in [0.2, 0.25) is 0 Å². The lowest BCUT2D eigenvalue weighted by atomic mass is 10.2. The van der Waals surface area contributed by atoms with Crippen molar-refractivity contribution in [1.29, 1.82) is 0 Å². The van der Waals surface area contributed by atoms with E-state index in [1.807, 2.05) is 80.5 Å². The van der Waals surface area contributed by atoms with E-state index in [0.717, 1.165) is 64.0 Å². The summed E-state index contributed by atoms with van der Waals surface area (Å²) in [7, 11) is 4.09. The normalized spacial score (nSPS) is 11.1. The Labute approximate surface area is 197 Å². The highest BCUT2D eigenvalue weighted by atomic mass is 32.2. The van der Waals surface area contributed by atoms with E-state index in [2.05, 4.69) is 27.7 Å². The van der Waals surface area contributed by atoms with Crippen LogP contribution in [0.25, 0.3) is 11.3 Å². The van der Waals surface area contributed by atoms with Crippen LogP contribution in [-0.4, -0.2) is 36.3 Å². The lowest BCUT2D eigenvalue weighted by Crippen LogP contribution is -2.09. The van der Waals surface area contributed by atoms with Gasteiger partial charge in [0.05, 0.1) is 18.0 Å². The third-order valence-corrected chi connectivity index (χ3v) is 6.37. The first kappa shape index (κ1) is 22.5. The third-order valence-electron chi connectivity index (χ3n) is 4.59. The standard InChI is InChI=1S/C25H27N3O2S2/c1-28(2)16-22-12-13-23(30-22)17-31-15-14-26-25-27-24(18-32-25)19-8-10-21(11-9-19)29-20-6-4-3-5-7-20/h3-13,18H,14-17H2,1-2H3,(H,26,27). The Bertz CT molecular complexity index is 1090. The molecule has 0 spiro atoms. The smallest absolute Gasteiger partial charge is 0.183 e. The maximum atomic E-state index is 5.86. The number of thioether (sulfide) groups is 1. The number of para-hydroxylation sites is 1. The van der Waals surface area contributed by atoms with Gasteiger partial charge in [-0.25, -0.2) is 4.98 Å². The number of aromatic nitrogens is 1. The van der Waals surface area contributed by atoms with E-state index < -0.39 is 0 Å². The van der Waals surface area contributed by atoms with E-state index in [0.29, 0.717) is 0 Å². The number of ether oxygens (including phenoxy) is 1. The highest BCUT2D eigenvalue weighted by Crippen LogP contribution is 2.28. The number of benzene rings is 2. The minimum absolute atomic E-state index is 0.816. The molecule has 2 aromatic heterocycles. The maximum Gasteiger partial charge on any atom is 0.183 e. The van der Waals surface area contributed by atoms with Crippen LogP contribution in [0.3, 0.4) is 0 Å². The Hall–Kier alpha value is -2.74. The van der Waals surface area contributed by atoms with Crippen LogP contribution in [0.4, 0.5) is 5.13 Å². The fourth-order valence-corrected chi connectivity index (χ4v) is 4.60. The van der Waals surface area contributed by atoms with Crippen molar-refractivity contribution in [3.63, 3.8) is 0 Å². The lowest BCUT2D eigenvalue weighted by molar-refractivity contribution is 0.344. The zero-order valence-corrected chi connectivity index (χ0v) is 19.9. The number of anilines is 1. The Balaban J connectivity index is 1.20. The zero-order chi connectivity index (χ0) is 22.2. The molecule has 0 aliphatic carbocycles. The summed E-state index contributed by atoms with van der Waals surface area (Å²) in [6.07, 6.45) is 0. The average Bonchev–Trinajstić information content (AvgIpc) is 3.44. The lowest BCUT2D eigenvalue weighted by Gasteiger charge is -2.06. The van der Waals surface area contributed by atoms with Crippen molar-refractivity contribution in [2.24, 2.45) is 0 Å². The second kappa shape index (κ2) is 11.2. The number of nitrogens with zero attached hydrogens (tertiary/aromatic N) is 2. The van der Waals surface area contributed by atoms with E-state index in [9.17, 15) is 0 Å². The molecule has 2 aromatic carbocycles. The molecule has 0 atom stereocenters. The summed E-state index contributed by atoms with van der Waals surface area (Å²) in [6, 6.07) is 22.0. The van der Waals surface area contributed by atoms with Crippen LogP contribution in [0.5, 0.6) is 11.5 Å². The summed E-state index contributed by atoms with van der Waals surface area (Å²) in [4.78, 5) is 6.82. The van der Waals surface area contributed by atoms with Gasteiger partial charge in [-0.2, -0.15) is 11.8 Å². The third kappa shape index (κ3) is 6.63. The van der Waals surface area contributed by atoms with E-state index in [1.54, 1.807) is 11.3 Å². The van der Waals surface area contributed by atoms with E-state index in [-0.39, 0.29) is 0 Å². The number of hydrogen-bond donors (Lipinski definition) is 1. The number of rotatable bonds is 11. The van der Waals surface area contributed by atoms with E-state index >= 15 is 0 Å². The average molecular weight is 466 g/mol. The summed E-state index contributed by atoms with van der Waals surface area (Å²) in [5.74, 6) is 5.57. The van der Waals surface area contributed by atoms with Crippen LogP contribution in [0, 0.1) is 0 Å². The Kier molecular flexibility index (Phi) is 7.87. The van der Waals surface area contributed by atoms with E-state index in [4.69, 9.17) is 14.1 Å². The van der Waals surface area contributed by atoms with Gasteiger partial charge in [-0.15, -0.1) is 11.3 Å². The monoisotopic (exact) mass is 465 g/mol. The highest BCUT2D eigenvalue weighted by Gasteiger charge is 2.06. The van der Waals surface area contributed by atoms with Gasteiger partial charge in [0, 0.05) is 23.2 Å². The molecule has 4 aromatic rings. The van der Waals surface area contributed by atoms with Gasteiger partial charge in [-0.05, 0) is 62.6 Å². The first-order valence-corrected chi connectivity index (χ1v) is 12.5. The summed E-state index contributed by atoms with van der Waals surface area (Å²) in [5.41, 5.74) is 2.05. The summed E-state index contributed by atoms with van der Waals surface area (Å²) in [5, 5.41) is 6.44. The molecule has 0 amide bonds. The molecule has 2 heterocycles. The summed E-state index contributed by atoms with van der Waals surface area (Å²) < 4.78 is 11.7. The summed E-state index contributed by atoms with van der Waals surface area (Å²) >= 11 is 3.49. The first-order chi connectivity index (χ1) is 15.7. The molecule has 0 aliphatic heterocycles. The number of furan rings is 1. The second-order valence-corrected chi connectivity index (χ2v) is 9.53. The molecule has 0 saturated carbocycles. The topological polar surface area (TPSA) is 50.5 Å². The Morgan fingerprint density at radius 3 is 2.50 bits per heavy atom. The second-order valence-electron chi connectivity index (χ2n) is 7.56. The quantitative estimate of drug-likeness (QED) is 0.252. The molecule has 0 radical (unpaired) electrons. The fraction of sp³-hybridized carbons (Fsp3) is 0.240. The zero-order valence-electron chi connectivity index (χ0n) is 18.3. The Morgan fingerprint density at radius 1 is 0.969 bits per heavy atom. The van der Waals surface area contributed by atoms with Gasteiger partial charge in [0.25, 0.3) is 0 Å². The van der Waals surface area contributed by atoms with Crippen LogP contribution >= 0.6 is 23.1 Å². The largest absolute Gasteiger partial charge is 0.464 e. The SMILES string of the molecule is CN(C)Cc1ccc(CSCCNc2nc(-c3ccc(Oc4ccccc4)cc3)cs2)o1. The molecule has 1 N–H and O–H groups in total. The van der Waals surface area contributed by atoms with Crippen LogP contribution in [0.1, 0.15) is 11.5 Å². The molecular weight excluding hydrogens is 438 g/mol. The first-order valence-electron chi connectivity index (χ1n) is 10.5. The highest BCUT2D eigenvalue weighted by molar-refractivity contribution is 7.98. The van der Waals surface area contributed by atoms with Gasteiger partial charge in [0.15, 0.2) is 5.13 Å². The molecule has 0 bridgehead atoms. The minimum atomic E-state index is 0.816. The number of nitrogens with one attached hydrogen (secondary N) is 1. The molecular formula is C25H27N3O2S2. The van der Waals surface area contributed by atoms with Crippen molar-refractivity contribution in [2.75, 3.05) is 31.7 Å². The van der Waals surface area contributed by atoms with Gasteiger partial charge in [0.1, 0.15) is 23.0 Å². The molecule has 4 rings (SSSR count). The van der Waals surface area contributed by atoms with Gasteiger partial charge >= 0.3 is 0 Å². The van der Waals surface area contributed by atoms with Gasteiger partial charge in [0.2, 0.25) is 0 Å². The van der Waals surface area contributed by atoms with Crippen molar-refractivity contribution >= 4 is 28.2 Å². The van der Waals surface area contributed by atoms with Gasteiger partial charge in [-0.1, -0.05) is 18.2 Å². The number of hydrogen-bond acceptors (Lipinski definition) is 7. The fourth-order valence-electron chi connectivity index (χ4n) is 3.11. The van der Waals surface area contributed by atoms with Crippen molar-refractivity contribution in [2.45, 2.75) is 12.3 Å². The van der Waals surface area contributed by atoms with Gasteiger partial charge in [-0.3, -0.25) is 0 Å². The van der Waals surface area contributed by atoms with Gasteiger partial charge < -0.3 is 19.4 Å². The minimum Gasteiger partial charge on any atom is -0.464 e. The van der Waals surface area contributed by atoms with Crippen molar-refractivity contribution < 1.29 is 9.15 Å². The maximum absolute atomic E-state index is 5.86. The molecule has 0 aliphatic rings. The molecule has 0 saturated heterocycles. The molecule has 5 nitrogen and oxygen atoms in total. The molecule has 0 fully saturated rings. The predicted octanol–water partition coefficient (Wildman–Crippen LogP) is 6.60. The van der Waals surface area contributed by atoms with E-state index in [1.165, 1.54) is 0 Å². The van der Waals surface area contributed by atoms with Crippen molar-refractivity contribution in [3.05, 3.63) is 83.6 Å². The number of thiazole rings is 1. The van der Waals surface area contributed by atoms with Crippen LogP contribution in [-0.2, 0) is 12.3 Å². The molecule has 7 heteroatoms. The van der Waals surface area contributed by atoms with Crippen molar-refractivity contribution in [1.82, 2.24) is 9.88 Å². The molecule has 0 unspecified atom stereocenters. The van der Waals surface area contributed by atoms with Crippen molar-refractivity contribution in [3.8, 4) is 22.8 Å². The predicted molar refractivity (Wildman–Crippen MR) is 135 cm³/mol.